The summed E-state index contributed by atoms with van der Waals surface area (Å²) >= 11 is 0. The summed E-state index contributed by atoms with van der Waals surface area (Å²) in [7, 11) is 0. The smallest absolute Gasteiger partial charge is 0.222 e. The summed E-state index contributed by atoms with van der Waals surface area (Å²) in [4.78, 5) is 8.41. The van der Waals surface area contributed by atoms with E-state index in [0.29, 0.717) is 12.4 Å². The third-order valence-electron chi connectivity index (χ3n) is 3.14. The zero-order valence-electron chi connectivity index (χ0n) is 10.6. The first-order chi connectivity index (χ1) is 8.61. The van der Waals surface area contributed by atoms with Crippen molar-refractivity contribution in [2.75, 3.05) is 24.2 Å². The van der Waals surface area contributed by atoms with Crippen molar-refractivity contribution in [1.82, 2.24) is 20.8 Å². The van der Waals surface area contributed by atoms with Gasteiger partial charge in [-0.1, -0.05) is 0 Å². The molecule has 7 heteroatoms. The number of hydrogen-bond donors (Lipinski definition) is 5. The van der Waals surface area contributed by atoms with Crippen LogP contribution in [0.4, 0.5) is 11.8 Å². The largest absolute Gasteiger partial charge is 0.395 e. The van der Waals surface area contributed by atoms with Gasteiger partial charge in [-0.05, 0) is 13.8 Å². The second-order valence-electron chi connectivity index (χ2n) is 4.58. The highest BCUT2D eigenvalue weighted by Crippen LogP contribution is 2.27. The Morgan fingerprint density at radius 3 is 2.61 bits per heavy atom. The van der Waals surface area contributed by atoms with Gasteiger partial charge in [-0.2, -0.15) is 4.98 Å². The first-order valence-corrected chi connectivity index (χ1v) is 6.12. The van der Waals surface area contributed by atoms with Crippen LogP contribution in [0.25, 0.3) is 0 Å². The standard InChI is InChI=1S/C11H20N6O/c1-6-10(7(2)17-16-6)8-5-9(13-3-4-18)15-11(12)14-8/h5-7,10,16-18H,3-4H2,1-2H3,(H3,12,13,14,15). The van der Waals surface area contributed by atoms with E-state index in [1.807, 2.05) is 6.07 Å². The van der Waals surface area contributed by atoms with Crippen LogP contribution in [0.2, 0.25) is 0 Å². The molecule has 0 aromatic carbocycles. The van der Waals surface area contributed by atoms with E-state index in [0.717, 1.165) is 5.69 Å². The summed E-state index contributed by atoms with van der Waals surface area (Å²) < 4.78 is 0. The molecular weight excluding hydrogens is 232 g/mol. The highest BCUT2D eigenvalue weighted by Gasteiger charge is 2.32. The van der Waals surface area contributed by atoms with Crippen molar-refractivity contribution < 1.29 is 5.11 Å². The molecule has 0 saturated carbocycles. The molecule has 0 amide bonds. The summed E-state index contributed by atoms with van der Waals surface area (Å²) in [5.41, 5.74) is 13.0. The molecule has 2 atom stereocenters. The van der Waals surface area contributed by atoms with E-state index in [-0.39, 0.29) is 30.6 Å². The van der Waals surface area contributed by atoms with E-state index in [4.69, 9.17) is 10.8 Å². The van der Waals surface area contributed by atoms with Gasteiger partial charge in [-0.3, -0.25) is 10.9 Å². The molecule has 1 fully saturated rings. The fourth-order valence-electron chi connectivity index (χ4n) is 2.32. The fraction of sp³-hybridized carbons (Fsp3) is 0.636. The van der Waals surface area contributed by atoms with E-state index >= 15 is 0 Å². The van der Waals surface area contributed by atoms with Gasteiger partial charge in [0.1, 0.15) is 5.82 Å². The van der Waals surface area contributed by atoms with Gasteiger partial charge in [0.25, 0.3) is 0 Å². The van der Waals surface area contributed by atoms with Crippen LogP contribution in [0.3, 0.4) is 0 Å². The minimum Gasteiger partial charge on any atom is -0.395 e. The molecule has 0 radical (unpaired) electrons. The number of nitrogens with zero attached hydrogens (tertiary/aromatic N) is 2. The molecule has 18 heavy (non-hydrogen) atoms. The van der Waals surface area contributed by atoms with Crippen molar-refractivity contribution in [2.24, 2.45) is 0 Å². The average molecular weight is 252 g/mol. The van der Waals surface area contributed by atoms with Crippen LogP contribution in [0, 0.1) is 0 Å². The van der Waals surface area contributed by atoms with Gasteiger partial charge in [0.05, 0.1) is 12.3 Å². The number of aliphatic hydroxyl groups excluding tert-OH is 1. The van der Waals surface area contributed by atoms with Gasteiger partial charge in [-0.15, -0.1) is 0 Å². The third-order valence-corrected chi connectivity index (χ3v) is 3.14. The van der Waals surface area contributed by atoms with E-state index in [1.54, 1.807) is 0 Å². The number of nitrogens with one attached hydrogen (secondary N) is 3. The van der Waals surface area contributed by atoms with Crippen molar-refractivity contribution in [3.05, 3.63) is 11.8 Å². The normalized spacial score (nSPS) is 27.4. The molecule has 1 aliphatic heterocycles. The Hall–Kier alpha value is -1.44. The molecule has 6 N–H and O–H groups in total. The lowest BCUT2D eigenvalue weighted by Crippen LogP contribution is -2.30. The van der Waals surface area contributed by atoms with Gasteiger partial charge in [0, 0.05) is 30.6 Å². The van der Waals surface area contributed by atoms with E-state index < -0.39 is 0 Å². The fourth-order valence-corrected chi connectivity index (χ4v) is 2.32. The Labute approximate surface area is 106 Å². The van der Waals surface area contributed by atoms with Crippen molar-refractivity contribution in [3.8, 4) is 0 Å². The second-order valence-corrected chi connectivity index (χ2v) is 4.58. The van der Waals surface area contributed by atoms with Crippen molar-refractivity contribution in [3.63, 3.8) is 0 Å². The van der Waals surface area contributed by atoms with Crippen molar-refractivity contribution in [1.29, 1.82) is 0 Å². The zero-order chi connectivity index (χ0) is 13.1. The SMILES string of the molecule is CC1NNC(C)C1c1cc(NCCO)nc(N)n1. The van der Waals surface area contributed by atoms with Crippen LogP contribution in [0.5, 0.6) is 0 Å². The first kappa shape index (κ1) is 13.0. The molecule has 2 rings (SSSR count). The van der Waals surface area contributed by atoms with E-state index in [1.165, 1.54) is 0 Å². The van der Waals surface area contributed by atoms with Gasteiger partial charge in [-0.25, -0.2) is 4.98 Å². The van der Waals surface area contributed by atoms with Crippen LogP contribution < -0.4 is 21.9 Å². The molecule has 1 saturated heterocycles. The summed E-state index contributed by atoms with van der Waals surface area (Å²) in [5, 5.41) is 11.8. The number of anilines is 2. The van der Waals surface area contributed by atoms with Gasteiger partial charge in [0.15, 0.2) is 0 Å². The number of rotatable bonds is 4. The number of hydrazine groups is 1. The predicted molar refractivity (Wildman–Crippen MR) is 70.0 cm³/mol. The van der Waals surface area contributed by atoms with Crippen LogP contribution >= 0.6 is 0 Å². The maximum absolute atomic E-state index is 8.80. The maximum atomic E-state index is 8.80. The zero-order valence-corrected chi connectivity index (χ0v) is 10.6. The van der Waals surface area contributed by atoms with Gasteiger partial charge in [0.2, 0.25) is 5.95 Å². The summed E-state index contributed by atoms with van der Waals surface area (Å²) in [6.07, 6.45) is 0. The highest BCUT2D eigenvalue weighted by atomic mass is 16.3. The van der Waals surface area contributed by atoms with Gasteiger partial charge < -0.3 is 16.2 Å². The quantitative estimate of drug-likeness (QED) is 0.488. The Morgan fingerprint density at radius 2 is 2.00 bits per heavy atom. The molecule has 100 valence electrons. The Morgan fingerprint density at radius 1 is 1.33 bits per heavy atom. The maximum Gasteiger partial charge on any atom is 0.222 e. The number of hydrogen-bond acceptors (Lipinski definition) is 7. The molecular formula is C11H20N6O. The first-order valence-electron chi connectivity index (χ1n) is 6.12. The number of nitrogens with two attached hydrogens (primary N) is 1. The van der Waals surface area contributed by atoms with Crippen LogP contribution in [0.1, 0.15) is 25.5 Å². The second kappa shape index (κ2) is 5.47. The van der Waals surface area contributed by atoms with Crippen LogP contribution in [0.15, 0.2) is 6.07 Å². The van der Waals surface area contributed by atoms with Crippen molar-refractivity contribution in [2.45, 2.75) is 31.8 Å². The molecule has 0 bridgehead atoms. The lowest BCUT2D eigenvalue weighted by Gasteiger charge is -2.18. The average Bonchev–Trinajstić information content (AvgIpc) is 2.66. The molecule has 2 unspecified atom stereocenters. The summed E-state index contributed by atoms with van der Waals surface area (Å²) in [6, 6.07) is 2.44. The third kappa shape index (κ3) is 2.69. The minimum absolute atomic E-state index is 0.0542. The molecule has 1 aliphatic rings. The van der Waals surface area contributed by atoms with E-state index in [9.17, 15) is 0 Å². The van der Waals surface area contributed by atoms with Crippen LogP contribution in [-0.2, 0) is 0 Å². The lowest BCUT2D eigenvalue weighted by molar-refractivity contribution is 0.311. The molecule has 0 aliphatic carbocycles. The summed E-state index contributed by atoms with van der Waals surface area (Å²) in [6.45, 7) is 4.70. The Bertz CT molecular complexity index is 403. The summed E-state index contributed by atoms with van der Waals surface area (Å²) in [5.74, 6) is 1.14. The monoisotopic (exact) mass is 252 g/mol. The van der Waals surface area contributed by atoms with Crippen LogP contribution in [-0.4, -0.2) is 40.3 Å². The molecule has 7 nitrogen and oxygen atoms in total. The predicted octanol–water partition coefficient (Wildman–Crippen LogP) is -0.569. The molecule has 2 heterocycles. The highest BCUT2D eigenvalue weighted by molar-refractivity contribution is 5.42. The topological polar surface area (TPSA) is 108 Å². The molecule has 1 aromatic rings. The Balaban J connectivity index is 2.24. The van der Waals surface area contributed by atoms with Gasteiger partial charge >= 0.3 is 0 Å². The molecule has 1 aromatic heterocycles. The Kier molecular flexibility index (Phi) is 3.95. The number of nitrogen functional groups attached to an aromatic ring is 1. The minimum atomic E-state index is 0.0542. The molecule has 0 spiro atoms. The number of aliphatic hydroxyl groups is 1. The number of aromatic nitrogens is 2. The lowest BCUT2D eigenvalue weighted by atomic mass is 9.93. The van der Waals surface area contributed by atoms with Crippen molar-refractivity contribution >= 4 is 11.8 Å². The van der Waals surface area contributed by atoms with E-state index in [2.05, 4.69) is 40.0 Å².